The molecule has 1 unspecified atom stereocenters. The second-order valence-electron chi connectivity index (χ2n) is 8.09. The summed E-state index contributed by atoms with van der Waals surface area (Å²) in [6, 6.07) is 8.83. The van der Waals surface area contributed by atoms with Crippen molar-refractivity contribution >= 4 is 11.9 Å². The molecule has 16 nitrogen and oxygen atoms in total. The van der Waals surface area contributed by atoms with E-state index in [1.807, 2.05) is 13.0 Å². The van der Waals surface area contributed by atoms with Gasteiger partial charge >= 0.3 is 11.9 Å². The summed E-state index contributed by atoms with van der Waals surface area (Å²) in [5.74, 6) is -2.39. The van der Waals surface area contributed by atoms with Crippen LogP contribution in [-0.4, -0.2) is 141 Å². The Kier molecular flexibility index (Phi) is 123. The van der Waals surface area contributed by atoms with E-state index >= 15 is 0 Å². The third-order valence-corrected chi connectivity index (χ3v) is 3.00. The molecule has 0 radical (unpaired) electrons. The molecule has 0 amide bonds. The fraction of sp³-hybridized carbons (Fsp3) is 0.684. The average molecular weight is 795 g/mol. The highest BCUT2D eigenvalue weighted by atomic mass is 17.2. The van der Waals surface area contributed by atoms with E-state index in [9.17, 15) is 9.59 Å². The largest absolute Gasteiger partial charge is 0.455 e. The lowest BCUT2D eigenvalue weighted by Crippen LogP contribution is -2.45. The lowest BCUT2D eigenvalue weighted by Gasteiger charge is -2.31. The Morgan fingerprint density at radius 2 is 0.852 bits per heavy atom. The molecular weight excluding hydrogens is 712 g/mol. The summed E-state index contributed by atoms with van der Waals surface area (Å²) in [6.45, 7) is 27.7. The summed E-state index contributed by atoms with van der Waals surface area (Å²) < 4.78 is 10.9. The van der Waals surface area contributed by atoms with Crippen LogP contribution in [0.2, 0.25) is 0 Å². The van der Waals surface area contributed by atoms with Gasteiger partial charge in [0.05, 0.1) is 0 Å². The molecule has 0 saturated heterocycles. The molecule has 1 aromatic rings. The molecule has 1 atom stereocenters. The van der Waals surface area contributed by atoms with E-state index in [0.717, 1.165) is 18.6 Å². The molecule has 0 bridgehead atoms. The first-order chi connectivity index (χ1) is 25.7. The summed E-state index contributed by atoms with van der Waals surface area (Å²) in [6.07, 6.45) is 3.87. The molecule has 0 aromatic heterocycles. The van der Waals surface area contributed by atoms with Crippen molar-refractivity contribution in [3.63, 3.8) is 0 Å². The second kappa shape index (κ2) is 87.7. The third kappa shape index (κ3) is 117. The minimum absolute atomic E-state index is 0.250. The highest BCUT2D eigenvalue weighted by Gasteiger charge is 2.38. The number of carbonyl (C=O) groups is 2. The van der Waals surface area contributed by atoms with Gasteiger partial charge < -0.3 is 60.5 Å². The number of rotatable bonds is 11. The quantitative estimate of drug-likeness (QED) is 0.0506. The summed E-state index contributed by atoms with van der Waals surface area (Å²) in [5.41, 5.74) is 0. The fourth-order valence-electron chi connectivity index (χ4n) is 1.78. The van der Waals surface area contributed by atoms with Crippen LogP contribution in [0.3, 0.4) is 0 Å². The Balaban J connectivity index is -0.0000000656. The molecule has 0 fully saturated rings. The molecule has 10 N–H and O–H groups in total. The Hall–Kier alpha value is -3.00. The first kappa shape index (κ1) is 75.8. The van der Waals surface area contributed by atoms with Crippen molar-refractivity contribution in [3.8, 4) is 5.75 Å². The standard InChI is InChI=1S/C18H22O6.10C2H6O/c1-4-7-13-18(14-21-16(19)5-2,24-23-17(20)6-3)22-15-11-9-8-10-12-15;10*1-2-3/h5-6,8-12H,2-4,7,13-14H2,1H3;10*3H,2H2,1H3. The Morgan fingerprint density at radius 3 is 1.11 bits per heavy atom. The highest BCUT2D eigenvalue weighted by molar-refractivity contribution is 5.81. The van der Waals surface area contributed by atoms with Crippen LogP contribution < -0.4 is 4.74 Å². The van der Waals surface area contributed by atoms with E-state index in [-0.39, 0.29) is 72.7 Å². The van der Waals surface area contributed by atoms with Crippen LogP contribution >= 0.6 is 0 Å². The van der Waals surface area contributed by atoms with Crippen molar-refractivity contribution in [2.45, 2.75) is 101 Å². The van der Waals surface area contributed by atoms with Gasteiger partial charge in [0.1, 0.15) is 5.75 Å². The topological polar surface area (TPSA) is 273 Å². The first-order valence-electron chi connectivity index (χ1n) is 17.8. The second-order valence-corrected chi connectivity index (χ2v) is 8.09. The van der Waals surface area contributed by atoms with Crippen LogP contribution in [0.15, 0.2) is 55.6 Å². The molecule has 16 heteroatoms. The number of hydrogen-bond acceptors (Lipinski definition) is 16. The summed E-state index contributed by atoms with van der Waals surface area (Å²) in [4.78, 5) is 32.7. The van der Waals surface area contributed by atoms with Gasteiger partial charge in [-0.1, -0.05) is 44.7 Å². The van der Waals surface area contributed by atoms with Gasteiger partial charge in [-0.2, -0.15) is 0 Å². The van der Waals surface area contributed by atoms with Crippen molar-refractivity contribution in [1.82, 2.24) is 0 Å². The van der Waals surface area contributed by atoms with Crippen LogP contribution in [0, 0.1) is 0 Å². The minimum atomic E-state index is -1.46. The van der Waals surface area contributed by atoms with Crippen molar-refractivity contribution in [2.24, 2.45) is 0 Å². The number of para-hydroxylation sites is 1. The molecule has 54 heavy (non-hydrogen) atoms. The number of esters is 1. The van der Waals surface area contributed by atoms with Gasteiger partial charge in [0.15, 0.2) is 6.61 Å². The smallest absolute Gasteiger partial charge is 0.365 e. The molecule has 0 spiro atoms. The molecule has 1 aromatic carbocycles. The monoisotopic (exact) mass is 795 g/mol. The minimum Gasteiger partial charge on any atom is -0.455 e. The number of unbranched alkanes of at least 4 members (excludes halogenated alkanes) is 1. The Morgan fingerprint density at radius 1 is 0.556 bits per heavy atom. The van der Waals surface area contributed by atoms with Gasteiger partial charge in [-0.3, -0.25) is 4.89 Å². The van der Waals surface area contributed by atoms with Crippen molar-refractivity contribution in [2.75, 3.05) is 72.7 Å². The fourth-order valence-corrected chi connectivity index (χ4v) is 1.78. The zero-order valence-corrected chi connectivity index (χ0v) is 35.3. The predicted octanol–water partition coefficient (Wildman–Crippen LogP) is 3.33. The average Bonchev–Trinajstić information content (AvgIpc) is 3.12. The number of ether oxygens (including phenoxy) is 2. The Labute approximate surface area is 326 Å². The predicted molar refractivity (Wildman–Crippen MR) is 215 cm³/mol. The number of aliphatic hydroxyl groups excluding tert-OH is 10. The molecular formula is C38H82O16. The number of benzene rings is 1. The van der Waals surface area contributed by atoms with Gasteiger partial charge in [0, 0.05) is 84.6 Å². The normalized spacial score (nSPS) is 8.91. The molecule has 0 saturated carbocycles. The van der Waals surface area contributed by atoms with E-state index in [0.29, 0.717) is 18.6 Å². The summed E-state index contributed by atoms with van der Waals surface area (Å²) >= 11 is 0. The maximum atomic E-state index is 11.4. The van der Waals surface area contributed by atoms with Gasteiger partial charge in [0.2, 0.25) is 0 Å². The van der Waals surface area contributed by atoms with E-state index in [1.165, 1.54) is 0 Å². The summed E-state index contributed by atoms with van der Waals surface area (Å²) in [5, 5.41) is 75.7. The third-order valence-electron chi connectivity index (χ3n) is 3.00. The molecule has 0 aliphatic carbocycles. The Bertz CT molecular complexity index is 667. The van der Waals surface area contributed by atoms with E-state index in [4.69, 9.17) is 70.3 Å². The van der Waals surface area contributed by atoms with E-state index < -0.39 is 17.7 Å². The molecule has 0 aliphatic heterocycles. The van der Waals surface area contributed by atoms with Crippen LogP contribution in [0.4, 0.5) is 0 Å². The highest BCUT2D eigenvalue weighted by Crippen LogP contribution is 2.26. The number of carbonyl (C=O) groups excluding carboxylic acids is 2. The van der Waals surface area contributed by atoms with E-state index in [1.54, 1.807) is 93.5 Å². The van der Waals surface area contributed by atoms with Gasteiger partial charge in [-0.25, -0.2) is 9.59 Å². The maximum absolute atomic E-state index is 11.4. The molecule has 330 valence electrons. The molecule has 0 heterocycles. The van der Waals surface area contributed by atoms with Crippen LogP contribution in [0.5, 0.6) is 5.75 Å². The molecule has 1 rings (SSSR count). The maximum Gasteiger partial charge on any atom is 0.365 e. The van der Waals surface area contributed by atoms with Crippen molar-refractivity contribution < 1.29 is 79.9 Å². The number of aliphatic hydroxyl groups is 10. The first-order valence-corrected chi connectivity index (χ1v) is 17.8. The van der Waals surface area contributed by atoms with E-state index in [2.05, 4.69) is 13.2 Å². The van der Waals surface area contributed by atoms with Gasteiger partial charge in [0.25, 0.3) is 5.79 Å². The van der Waals surface area contributed by atoms with Crippen LogP contribution in [0.1, 0.15) is 95.4 Å². The molecule has 0 aliphatic rings. The van der Waals surface area contributed by atoms with Crippen LogP contribution in [0.25, 0.3) is 0 Å². The van der Waals surface area contributed by atoms with Gasteiger partial charge in [-0.05, 0) is 87.8 Å². The van der Waals surface area contributed by atoms with Crippen LogP contribution in [-0.2, 0) is 24.1 Å². The summed E-state index contributed by atoms with van der Waals surface area (Å²) in [7, 11) is 0. The number of hydrogen-bond donors (Lipinski definition) is 10. The lowest BCUT2D eigenvalue weighted by atomic mass is 10.1. The lowest BCUT2D eigenvalue weighted by molar-refractivity contribution is -0.390. The van der Waals surface area contributed by atoms with Crippen molar-refractivity contribution in [1.29, 1.82) is 0 Å². The zero-order valence-electron chi connectivity index (χ0n) is 35.3. The SMILES string of the molecule is C=CC(=O)OCC(CCCC)(OOC(=O)C=C)Oc1ccccc1.CCO.CCO.CCO.CCO.CCO.CCO.CCO.CCO.CCO.CCO. The zero-order chi connectivity index (χ0) is 44.9. The van der Waals surface area contributed by atoms with Gasteiger partial charge in [-0.15, -0.1) is 4.89 Å². The van der Waals surface area contributed by atoms with Crippen molar-refractivity contribution in [3.05, 3.63) is 55.6 Å².